The standard InChI is InChI=1S/C13H18N2O3.C11H17N3O.2C2H6/c1-8-4-5-11(14-12(8)13(16)17)15-6-9(2)18-10(3)7-15;1-8-4-12-11(13-5-8)14-6-9(2)15-10(3)7-14;2*1-2/h4-5,9-10H,6-7H2,1-3H3,(H,16,17);4-5,9-10H,6-7H2,1-3H3;2*1-2H3/t2*9-,10+;;. The molecule has 2 aromatic rings. The van der Waals surface area contributed by atoms with Crippen LogP contribution < -0.4 is 9.80 Å². The number of hydrogen-bond acceptors (Lipinski definition) is 8. The largest absolute Gasteiger partial charge is 0.477 e. The summed E-state index contributed by atoms with van der Waals surface area (Å²) in [5.41, 5.74) is 1.90. The summed E-state index contributed by atoms with van der Waals surface area (Å²) in [4.78, 5) is 28.2. The normalized spacial score (nSPS) is 22.9. The van der Waals surface area contributed by atoms with E-state index >= 15 is 0 Å². The van der Waals surface area contributed by atoms with E-state index < -0.39 is 5.97 Å². The minimum Gasteiger partial charge on any atom is -0.477 e. The van der Waals surface area contributed by atoms with Crippen LogP contribution in [-0.4, -0.2) is 76.6 Å². The molecule has 0 unspecified atom stereocenters. The molecule has 2 saturated heterocycles. The smallest absolute Gasteiger partial charge is 0.354 e. The van der Waals surface area contributed by atoms with E-state index in [1.54, 1.807) is 13.0 Å². The first-order valence-electron chi connectivity index (χ1n) is 13.4. The van der Waals surface area contributed by atoms with Crippen molar-refractivity contribution in [3.8, 4) is 0 Å². The minimum absolute atomic E-state index is 0.124. The van der Waals surface area contributed by atoms with Crippen molar-refractivity contribution in [3.05, 3.63) is 41.3 Å². The summed E-state index contributed by atoms with van der Waals surface area (Å²) < 4.78 is 11.3. The maximum Gasteiger partial charge on any atom is 0.354 e. The fourth-order valence-electron chi connectivity index (χ4n) is 4.17. The van der Waals surface area contributed by atoms with Crippen molar-refractivity contribution in [2.24, 2.45) is 0 Å². The Morgan fingerprint density at radius 1 is 0.811 bits per heavy atom. The van der Waals surface area contributed by atoms with Gasteiger partial charge in [-0.1, -0.05) is 33.8 Å². The number of morpholine rings is 2. The van der Waals surface area contributed by atoms with Crippen molar-refractivity contribution in [2.75, 3.05) is 36.0 Å². The van der Waals surface area contributed by atoms with E-state index in [4.69, 9.17) is 14.6 Å². The number of rotatable bonds is 3. The fourth-order valence-corrected chi connectivity index (χ4v) is 4.17. The molecule has 0 aromatic carbocycles. The Kier molecular flexibility index (Phi) is 14.1. The third-order valence-electron chi connectivity index (χ3n) is 5.50. The van der Waals surface area contributed by atoms with Crippen molar-refractivity contribution >= 4 is 17.7 Å². The first-order valence-corrected chi connectivity index (χ1v) is 13.4. The number of hydrogen-bond donors (Lipinski definition) is 1. The molecule has 2 aliphatic rings. The van der Waals surface area contributed by atoms with Crippen molar-refractivity contribution in [2.45, 2.75) is 93.7 Å². The molecule has 0 saturated carbocycles. The summed E-state index contributed by atoms with van der Waals surface area (Å²) in [6.07, 6.45) is 4.47. The van der Waals surface area contributed by atoms with Gasteiger partial charge in [-0.05, 0) is 58.7 Å². The molecule has 0 aliphatic carbocycles. The van der Waals surface area contributed by atoms with E-state index in [1.807, 2.05) is 66.9 Å². The number of aryl methyl sites for hydroxylation is 2. The Morgan fingerprint density at radius 2 is 1.24 bits per heavy atom. The number of carbonyl (C=O) groups is 1. The molecule has 0 radical (unpaired) electrons. The summed E-state index contributed by atoms with van der Waals surface area (Å²) in [5, 5.41) is 9.09. The summed E-state index contributed by atoms with van der Waals surface area (Å²) in [5.74, 6) is 0.534. The third-order valence-corrected chi connectivity index (χ3v) is 5.50. The topological polar surface area (TPSA) is 101 Å². The number of aromatic nitrogens is 3. The maximum atomic E-state index is 11.1. The second-order valence-electron chi connectivity index (χ2n) is 9.03. The van der Waals surface area contributed by atoms with E-state index in [1.165, 1.54) is 0 Å². The summed E-state index contributed by atoms with van der Waals surface area (Å²) in [6.45, 7) is 23.1. The van der Waals surface area contributed by atoms with Crippen LogP contribution in [-0.2, 0) is 9.47 Å². The average Bonchev–Trinajstić information content (AvgIpc) is 2.86. The molecule has 208 valence electrons. The zero-order valence-corrected chi connectivity index (χ0v) is 24.4. The van der Waals surface area contributed by atoms with E-state index in [0.717, 1.165) is 37.7 Å². The van der Waals surface area contributed by atoms with Crippen LogP contribution in [0.5, 0.6) is 0 Å². The maximum absolute atomic E-state index is 11.1. The van der Waals surface area contributed by atoms with Crippen LogP contribution in [0, 0.1) is 13.8 Å². The van der Waals surface area contributed by atoms with Crippen molar-refractivity contribution in [1.82, 2.24) is 15.0 Å². The Labute approximate surface area is 223 Å². The van der Waals surface area contributed by atoms with Crippen LogP contribution in [0.25, 0.3) is 0 Å². The molecule has 4 atom stereocenters. The lowest BCUT2D eigenvalue weighted by Crippen LogP contribution is -2.46. The summed E-state index contributed by atoms with van der Waals surface area (Å²) in [7, 11) is 0. The Balaban J connectivity index is 0.000000330. The molecule has 9 heteroatoms. The summed E-state index contributed by atoms with van der Waals surface area (Å²) in [6, 6.07) is 3.67. The monoisotopic (exact) mass is 517 g/mol. The average molecular weight is 518 g/mol. The highest BCUT2D eigenvalue weighted by molar-refractivity contribution is 5.87. The van der Waals surface area contributed by atoms with Crippen LogP contribution in [0.1, 0.15) is 77.0 Å². The molecule has 2 aromatic heterocycles. The minimum atomic E-state index is -0.983. The van der Waals surface area contributed by atoms with Gasteiger partial charge in [-0.15, -0.1) is 0 Å². The Morgan fingerprint density at radius 3 is 1.68 bits per heavy atom. The van der Waals surface area contributed by atoms with Crippen LogP contribution in [0.4, 0.5) is 11.8 Å². The van der Waals surface area contributed by atoms with Crippen molar-refractivity contribution in [3.63, 3.8) is 0 Å². The first kappa shape index (κ1) is 32.2. The predicted octanol–water partition coefficient (Wildman–Crippen LogP) is 5.15. The summed E-state index contributed by atoms with van der Waals surface area (Å²) >= 11 is 0. The van der Waals surface area contributed by atoms with Crippen molar-refractivity contribution in [1.29, 1.82) is 0 Å². The van der Waals surface area contributed by atoms with Gasteiger partial charge < -0.3 is 24.4 Å². The molecule has 4 heterocycles. The van der Waals surface area contributed by atoms with Gasteiger partial charge in [0.25, 0.3) is 0 Å². The lowest BCUT2D eigenvalue weighted by Gasteiger charge is -2.36. The van der Waals surface area contributed by atoms with Crippen LogP contribution in [0.3, 0.4) is 0 Å². The molecule has 4 rings (SSSR count). The van der Waals surface area contributed by atoms with Gasteiger partial charge in [-0.3, -0.25) is 0 Å². The second-order valence-corrected chi connectivity index (χ2v) is 9.03. The first-order chi connectivity index (χ1) is 17.6. The lowest BCUT2D eigenvalue weighted by molar-refractivity contribution is -0.00588. The molecule has 9 nitrogen and oxygen atoms in total. The van der Waals surface area contributed by atoms with E-state index in [0.29, 0.717) is 11.4 Å². The quantitative estimate of drug-likeness (QED) is 0.592. The molecule has 0 bridgehead atoms. The Hall–Kier alpha value is -2.78. The Bertz CT molecular complexity index is 921. The van der Waals surface area contributed by atoms with Gasteiger partial charge in [0.05, 0.1) is 24.4 Å². The molecular weight excluding hydrogens is 470 g/mol. The SMILES string of the molecule is CC.CC.Cc1ccc(N2C[C@@H](C)O[C@@H](C)C2)nc1C(=O)O.Cc1cnc(N2C[C@@H](C)O[C@@H](C)C2)nc1. The number of ether oxygens (including phenoxy) is 2. The molecule has 0 amide bonds. The number of aromatic carboxylic acids is 1. The van der Waals surface area contributed by atoms with E-state index in [9.17, 15) is 4.79 Å². The third kappa shape index (κ3) is 10.2. The van der Waals surface area contributed by atoms with Gasteiger partial charge in [0.2, 0.25) is 5.95 Å². The molecule has 37 heavy (non-hydrogen) atoms. The number of carboxylic acid groups (broad SMARTS) is 1. The van der Waals surface area contributed by atoms with Crippen LogP contribution >= 0.6 is 0 Å². The van der Waals surface area contributed by atoms with Gasteiger partial charge in [0.15, 0.2) is 5.69 Å². The highest BCUT2D eigenvalue weighted by atomic mass is 16.5. The molecule has 0 spiro atoms. The van der Waals surface area contributed by atoms with Gasteiger partial charge in [-0.25, -0.2) is 19.7 Å². The van der Waals surface area contributed by atoms with Gasteiger partial charge >= 0.3 is 5.97 Å². The molecule has 2 aliphatic heterocycles. The van der Waals surface area contributed by atoms with Gasteiger partial charge in [0.1, 0.15) is 5.82 Å². The van der Waals surface area contributed by atoms with Crippen LogP contribution in [0.15, 0.2) is 24.5 Å². The molecule has 1 N–H and O–H groups in total. The number of anilines is 2. The van der Waals surface area contributed by atoms with Crippen LogP contribution in [0.2, 0.25) is 0 Å². The highest BCUT2D eigenvalue weighted by Crippen LogP contribution is 2.20. The highest BCUT2D eigenvalue weighted by Gasteiger charge is 2.25. The second kappa shape index (κ2) is 16.1. The van der Waals surface area contributed by atoms with Gasteiger partial charge in [-0.2, -0.15) is 0 Å². The molecular formula is C28H47N5O4. The predicted molar refractivity (Wildman–Crippen MR) is 150 cm³/mol. The van der Waals surface area contributed by atoms with E-state index in [-0.39, 0.29) is 30.1 Å². The van der Waals surface area contributed by atoms with Crippen molar-refractivity contribution < 1.29 is 19.4 Å². The zero-order valence-electron chi connectivity index (χ0n) is 24.4. The lowest BCUT2D eigenvalue weighted by atomic mass is 10.2. The zero-order chi connectivity index (χ0) is 28.1. The number of nitrogens with zero attached hydrogens (tertiary/aromatic N) is 5. The fraction of sp³-hybridized carbons (Fsp3) is 0.643. The number of pyridine rings is 1. The van der Waals surface area contributed by atoms with E-state index in [2.05, 4.69) is 38.6 Å². The number of carboxylic acids is 1. The van der Waals surface area contributed by atoms with Gasteiger partial charge in [0, 0.05) is 38.6 Å². The molecule has 2 fully saturated rings.